The standard InChI is InChI=1S/C40H35F3N8O3/c1-23-15-28(18-30-37(23)48-49-38(30)39(42)43)45-40(52)26-7-8-34-33(17-26)46-35(51(34)20-29-11-14-53-29)21-50-12-9-25(10-13-50)32-3-2-4-36(47-32)54-22-27-6-5-24(19-44)16-31(27)41/h2-9,15-18,29,39H,10-14,20-22H2,1H3,(H,45,52)(H,48,49)/t29-/m0/s1. The summed E-state index contributed by atoms with van der Waals surface area (Å²) in [6.45, 7) is 5.15. The molecule has 6 aromatic rings. The van der Waals surface area contributed by atoms with Crippen LogP contribution in [0.3, 0.4) is 0 Å². The molecule has 1 saturated heterocycles. The van der Waals surface area contributed by atoms with Gasteiger partial charge in [-0.3, -0.25) is 14.8 Å². The van der Waals surface area contributed by atoms with Crippen molar-refractivity contribution in [1.82, 2.24) is 29.6 Å². The summed E-state index contributed by atoms with van der Waals surface area (Å²) in [4.78, 5) is 25.4. The van der Waals surface area contributed by atoms with E-state index in [1.807, 2.05) is 24.3 Å². The third-order valence-corrected chi connectivity index (χ3v) is 9.90. The molecule has 11 nitrogen and oxygen atoms in total. The minimum atomic E-state index is -2.75. The van der Waals surface area contributed by atoms with E-state index in [9.17, 15) is 18.0 Å². The lowest BCUT2D eigenvalue weighted by Crippen LogP contribution is -2.33. The molecule has 1 amide bonds. The Morgan fingerprint density at radius 2 is 2.02 bits per heavy atom. The molecule has 3 aromatic heterocycles. The molecule has 2 aliphatic rings. The molecule has 5 heterocycles. The lowest BCUT2D eigenvalue weighted by atomic mass is 10.0. The molecule has 274 valence electrons. The Bertz CT molecular complexity index is 2460. The van der Waals surface area contributed by atoms with E-state index in [1.165, 1.54) is 12.1 Å². The number of imidazole rings is 1. The molecule has 54 heavy (non-hydrogen) atoms. The monoisotopic (exact) mass is 732 g/mol. The summed E-state index contributed by atoms with van der Waals surface area (Å²) in [7, 11) is 0. The highest BCUT2D eigenvalue weighted by Crippen LogP contribution is 2.31. The lowest BCUT2D eigenvalue weighted by molar-refractivity contribution is -0.0591. The van der Waals surface area contributed by atoms with Crippen molar-refractivity contribution in [3.63, 3.8) is 0 Å². The van der Waals surface area contributed by atoms with Crippen molar-refractivity contribution in [1.29, 1.82) is 5.26 Å². The van der Waals surface area contributed by atoms with Gasteiger partial charge < -0.3 is 19.4 Å². The van der Waals surface area contributed by atoms with Gasteiger partial charge in [-0.05, 0) is 79.4 Å². The SMILES string of the molecule is Cc1cc(NC(=O)c2ccc3c(c2)nc(CN2CC=C(c4cccc(OCc5ccc(C#N)cc5F)n4)CC2)n3C[C@@H]2CCO2)cc2c(C(F)F)n[nH]c12. The van der Waals surface area contributed by atoms with Gasteiger partial charge in [-0.2, -0.15) is 10.4 Å². The number of benzene rings is 3. The fourth-order valence-electron chi connectivity index (χ4n) is 6.88. The third kappa shape index (κ3) is 7.15. The molecule has 0 bridgehead atoms. The van der Waals surface area contributed by atoms with Crippen molar-refractivity contribution in [2.45, 2.75) is 52.0 Å². The molecular formula is C40H35F3N8O3. The molecule has 0 radical (unpaired) electrons. The Morgan fingerprint density at radius 3 is 2.76 bits per heavy atom. The van der Waals surface area contributed by atoms with Crippen LogP contribution < -0.4 is 10.1 Å². The first kappa shape index (κ1) is 35.0. The van der Waals surface area contributed by atoms with Crippen molar-refractivity contribution >= 4 is 39.1 Å². The lowest BCUT2D eigenvalue weighted by Gasteiger charge is -2.29. The highest BCUT2D eigenvalue weighted by atomic mass is 19.3. The van der Waals surface area contributed by atoms with Crippen molar-refractivity contribution in [2.75, 3.05) is 25.0 Å². The number of carbonyl (C=O) groups excluding carboxylic acids is 1. The number of amides is 1. The third-order valence-electron chi connectivity index (χ3n) is 9.90. The van der Waals surface area contributed by atoms with Gasteiger partial charge >= 0.3 is 0 Å². The summed E-state index contributed by atoms with van der Waals surface area (Å²) in [6.07, 6.45) is 1.19. The Morgan fingerprint density at radius 1 is 1.15 bits per heavy atom. The van der Waals surface area contributed by atoms with Crippen LogP contribution in [0.1, 0.15) is 63.5 Å². The van der Waals surface area contributed by atoms with Crippen LogP contribution in [0, 0.1) is 24.1 Å². The largest absolute Gasteiger partial charge is 0.473 e. The molecule has 0 saturated carbocycles. The molecule has 0 aliphatic carbocycles. The number of rotatable bonds is 11. The van der Waals surface area contributed by atoms with E-state index in [1.54, 1.807) is 43.3 Å². The number of anilines is 1. The maximum atomic E-state index is 14.4. The van der Waals surface area contributed by atoms with Gasteiger partial charge in [0.15, 0.2) is 0 Å². The second-order valence-corrected chi connectivity index (χ2v) is 13.5. The van der Waals surface area contributed by atoms with Crippen LogP contribution in [0.15, 0.2) is 72.8 Å². The first-order chi connectivity index (χ1) is 26.2. The number of halogens is 3. The number of carbonyl (C=O) groups is 1. The van der Waals surface area contributed by atoms with Gasteiger partial charge in [0, 0.05) is 48.0 Å². The number of aromatic nitrogens is 5. The fourth-order valence-corrected chi connectivity index (χ4v) is 6.88. The molecule has 1 fully saturated rings. The van der Waals surface area contributed by atoms with Crippen LogP contribution in [0.2, 0.25) is 0 Å². The van der Waals surface area contributed by atoms with Gasteiger partial charge in [0.25, 0.3) is 12.3 Å². The Balaban J connectivity index is 0.968. The number of H-pyrrole nitrogens is 1. The smallest absolute Gasteiger partial charge is 0.282 e. The second-order valence-electron chi connectivity index (χ2n) is 13.5. The van der Waals surface area contributed by atoms with E-state index >= 15 is 0 Å². The van der Waals surface area contributed by atoms with Gasteiger partial charge in [0.05, 0.1) is 53.1 Å². The van der Waals surface area contributed by atoms with E-state index < -0.39 is 12.2 Å². The van der Waals surface area contributed by atoms with Crippen molar-refractivity contribution < 1.29 is 27.4 Å². The van der Waals surface area contributed by atoms with Gasteiger partial charge in [-0.15, -0.1) is 0 Å². The van der Waals surface area contributed by atoms with E-state index in [4.69, 9.17) is 19.7 Å². The van der Waals surface area contributed by atoms with Gasteiger partial charge in [-0.25, -0.2) is 23.1 Å². The first-order valence-corrected chi connectivity index (χ1v) is 17.6. The Labute approximate surface area is 308 Å². The van der Waals surface area contributed by atoms with Crippen molar-refractivity contribution in [3.05, 3.63) is 118 Å². The highest BCUT2D eigenvalue weighted by Gasteiger charge is 2.25. The van der Waals surface area contributed by atoms with Crippen molar-refractivity contribution in [3.8, 4) is 11.9 Å². The average molecular weight is 733 g/mol. The van der Waals surface area contributed by atoms with E-state index in [2.05, 4.69) is 36.0 Å². The molecule has 14 heteroatoms. The van der Waals surface area contributed by atoms with E-state index in [-0.39, 0.29) is 35.3 Å². The molecule has 0 unspecified atom stereocenters. The summed E-state index contributed by atoms with van der Waals surface area (Å²) in [6, 6.07) is 20.4. The van der Waals surface area contributed by atoms with Crippen molar-refractivity contribution in [2.24, 2.45) is 0 Å². The molecule has 2 N–H and O–H groups in total. The normalized spacial score (nSPS) is 16.0. The fraction of sp³-hybridized carbons (Fsp3) is 0.275. The summed E-state index contributed by atoms with van der Waals surface area (Å²) >= 11 is 0. The van der Waals surface area contributed by atoms with Crippen LogP contribution in [-0.2, 0) is 24.4 Å². The number of pyridine rings is 1. The highest BCUT2D eigenvalue weighted by molar-refractivity contribution is 6.07. The quantitative estimate of drug-likeness (QED) is 0.140. The van der Waals surface area contributed by atoms with Gasteiger partial charge in [-0.1, -0.05) is 18.2 Å². The number of hydrogen-bond acceptors (Lipinski definition) is 8. The number of ether oxygens (including phenoxy) is 2. The van der Waals surface area contributed by atoms with Crippen LogP contribution >= 0.6 is 0 Å². The summed E-state index contributed by atoms with van der Waals surface area (Å²) in [5.74, 6) is 0.368. The number of aromatic amines is 1. The van der Waals surface area contributed by atoms with Crippen LogP contribution in [0.5, 0.6) is 5.88 Å². The zero-order valence-corrected chi connectivity index (χ0v) is 29.3. The number of fused-ring (bicyclic) bond motifs is 2. The van der Waals surface area contributed by atoms with E-state index in [0.29, 0.717) is 58.9 Å². The molecule has 2 aliphatic heterocycles. The second kappa shape index (κ2) is 14.8. The zero-order valence-electron chi connectivity index (χ0n) is 29.3. The molecule has 8 rings (SSSR count). The van der Waals surface area contributed by atoms with Gasteiger partial charge in [0.2, 0.25) is 5.88 Å². The summed E-state index contributed by atoms with van der Waals surface area (Å²) in [5.41, 5.74) is 5.66. The molecule has 1 atom stereocenters. The number of nitriles is 1. The number of hydrogen-bond donors (Lipinski definition) is 2. The predicted octanol–water partition coefficient (Wildman–Crippen LogP) is 7.47. The summed E-state index contributed by atoms with van der Waals surface area (Å²) < 4.78 is 55.2. The number of alkyl halides is 2. The zero-order chi connectivity index (χ0) is 37.3. The van der Waals surface area contributed by atoms with Crippen LogP contribution in [-0.4, -0.2) is 61.3 Å². The van der Waals surface area contributed by atoms with Crippen LogP contribution in [0.25, 0.3) is 27.5 Å². The average Bonchev–Trinajstić information content (AvgIpc) is 3.74. The maximum absolute atomic E-state index is 14.4. The molecule has 3 aromatic carbocycles. The topological polar surface area (TPSA) is 134 Å². The number of nitrogens with zero attached hydrogens (tertiary/aromatic N) is 6. The number of aryl methyl sites for hydroxylation is 1. The predicted molar refractivity (Wildman–Crippen MR) is 195 cm³/mol. The maximum Gasteiger partial charge on any atom is 0.282 e. The summed E-state index contributed by atoms with van der Waals surface area (Å²) in [5, 5.41) is 18.5. The van der Waals surface area contributed by atoms with E-state index in [0.717, 1.165) is 48.6 Å². The Hall–Kier alpha value is -6.04. The molecular weight excluding hydrogens is 697 g/mol. The first-order valence-electron chi connectivity index (χ1n) is 17.6. The van der Waals surface area contributed by atoms with Crippen LogP contribution in [0.4, 0.5) is 18.9 Å². The van der Waals surface area contributed by atoms with Gasteiger partial charge in [0.1, 0.15) is 23.9 Å². The number of nitrogens with one attached hydrogen (secondary N) is 2. The molecule has 0 spiro atoms. The minimum absolute atomic E-state index is 0.00774. The Kier molecular flexibility index (Phi) is 9.57. The minimum Gasteiger partial charge on any atom is -0.473 e.